The zero-order chi connectivity index (χ0) is 8.43. The van der Waals surface area contributed by atoms with Crippen LogP contribution >= 0.6 is 0 Å². The molecule has 4 N–H and O–H groups in total. The lowest BCUT2D eigenvalue weighted by Crippen LogP contribution is -2.40. The normalized spacial score (nSPS) is 40.9. The van der Waals surface area contributed by atoms with E-state index in [2.05, 4.69) is 0 Å². The van der Waals surface area contributed by atoms with Crippen molar-refractivity contribution in [2.45, 2.75) is 24.4 Å². The van der Waals surface area contributed by atoms with Gasteiger partial charge in [0, 0.05) is 0 Å². The lowest BCUT2D eigenvalue weighted by Gasteiger charge is -2.18. The van der Waals surface area contributed by atoms with Gasteiger partial charge in [-0.3, -0.25) is 0 Å². The van der Waals surface area contributed by atoms with Crippen LogP contribution in [-0.2, 0) is 4.74 Å². The van der Waals surface area contributed by atoms with Crippen molar-refractivity contribution < 1.29 is 25.2 Å². The molecule has 0 aliphatic carbocycles. The molecule has 0 spiro atoms. The molecule has 0 aromatic rings. The van der Waals surface area contributed by atoms with Gasteiger partial charge in [0.05, 0.1) is 13.2 Å². The van der Waals surface area contributed by atoms with Crippen molar-refractivity contribution in [3.05, 3.63) is 0 Å². The first kappa shape index (κ1) is 8.89. The fourth-order valence-corrected chi connectivity index (χ4v) is 1.07. The zero-order valence-electron chi connectivity index (χ0n) is 5.92. The van der Waals surface area contributed by atoms with Crippen LogP contribution in [-0.4, -0.2) is 58.1 Å². The van der Waals surface area contributed by atoms with Gasteiger partial charge in [0.1, 0.15) is 24.4 Å². The minimum absolute atomic E-state index is 0.00287. The molecule has 1 fully saturated rings. The first-order chi connectivity index (χ1) is 5.16. The maximum atomic E-state index is 9.11. The lowest BCUT2D eigenvalue weighted by molar-refractivity contribution is -0.0684. The fourth-order valence-electron chi connectivity index (χ4n) is 1.07. The summed E-state index contributed by atoms with van der Waals surface area (Å²) in [5.41, 5.74) is 0. The van der Waals surface area contributed by atoms with Crippen LogP contribution in [0.3, 0.4) is 0 Å². The molecule has 0 bridgehead atoms. The molecule has 0 saturated carbocycles. The average Bonchev–Trinajstić information content (AvgIpc) is 2.32. The van der Waals surface area contributed by atoms with Crippen LogP contribution in [0.5, 0.6) is 0 Å². The molecule has 1 unspecified atom stereocenters. The van der Waals surface area contributed by atoms with E-state index in [0.717, 1.165) is 0 Å². The molecule has 0 aromatic carbocycles. The maximum Gasteiger partial charge on any atom is 0.114 e. The Morgan fingerprint density at radius 2 is 2.09 bits per heavy atom. The van der Waals surface area contributed by atoms with Crippen molar-refractivity contribution in [2.75, 3.05) is 13.2 Å². The summed E-state index contributed by atoms with van der Waals surface area (Å²) >= 11 is 0. The Kier molecular flexibility index (Phi) is 2.80. The molecule has 0 amide bonds. The molecule has 1 aliphatic heterocycles. The van der Waals surface area contributed by atoms with Crippen molar-refractivity contribution in [3.8, 4) is 0 Å². The highest BCUT2D eigenvalue weighted by Crippen LogP contribution is 2.16. The third-order valence-electron chi connectivity index (χ3n) is 1.76. The van der Waals surface area contributed by atoms with Crippen LogP contribution in [0.25, 0.3) is 0 Å². The maximum absolute atomic E-state index is 9.11. The molecule has 1 rings (SSSR count). The van der Waals surface area contributed by atoms with E-state index in [0.29, 0.717) is 0 Å². The molecule has 5 nitrogen and oxygen atoms in total. The van der Waals surface area contributed by atoms with Crippen LogP contribution in [0.15, 0.2) is 0 Å². The third kappa shape index (κ3) is 1.69. The van der Waals surface area contributed by atoms with Gasteiger partial charge >= 0.3 is 0 Å². The van der Waals surface area contributed by atoms with Gasteiger partial charge in [-0.1, -0.05) is 0 Å². The van der Waals surface area contributed by atoms with Crippen molar-refractivity contribution in [2.24, 2.45) is 0 Å². The van der Waals surface area contributed by atoms with Gasteiger partial charge in [0.2, 0.25) is 0 Å². The Hall–Kier alpha value is -0.200. The van der Waals surface area contributed by atoms with Gasteiger partial charge in [-0.15, -0.1) is 0 Å². The first-order valence-corrected chi connectivity index (χ1v) is 3.43. The Balaban J connectivity index is 2.47. The Labute approximate surface area is 63.8 Å². The van der Waals surface area contributed by atoms with E-state index in [4.69, 9.17) is 25.2 Å². The van der Waals surface area contributed by atoms with E-state index in [1.807, 2.05) is 0 Å². The van der Waals surface area contributed by atoms with E-state index in [9.17, 15) is 0 Å². The van der Waals surface area contributed by atoms with Gasteiger partial charge < -0.3 is 25.2 Å². The van der Waals surface area contributed by atoms with E-state index in [1.54, 1.807) is 0 Å². The molecule has 1 saturated heterocycles. The summed E-state index contributed by atoms with van der Waals surface area (Å²) in [6.45, 7) is -0.475. The molecule has 4 atom stereocenters. The molecule has 0 radical (unpaired) electrons. The predicted octanol–water partition coefficient (Wildman–Crippen LogP) is -2.54. The highest BCUT2D eigenvalue weighted by Gasteiger charge is 2.38. The molecular weight excluding hydrogens is 152 g/mol. The summed E-state index contributed by atoms with van der Waals surface area (Å²) in [6.07, 6.45) is -4.05. The molecule has 11 heavy (non-hydrogen) atoms. The van der Waals surface area contributed by atoms with E-state index < -0.39 is 31.0 Å². The summed E-state index contributed by atoms with van der Waals surface area (Å²) in [5.74, 6) is 0. The summed E-state index contributed by atoms with van der Waals surface area (Å²) in [6, 6.07) is 0. The Morgan fingerprint density at radius 3 is 2.45 bits per heavy atom. The molecule has 66 valence electrons. The predicted molar refractivity (Wildman–Crippen MR) is 34.8 cm³/mol. The number of ether oxygens (including phenoxy) is 1. The number of hydrogen-bond donors (Lipinski definition) is 4. The van der Waals surface area contributed by atoms with Crippen molar-refractivity contribution in [3.63, 3.8) is 0 Å². The average molecular weight is 164 g/mol. The third-order valence-corrected chi connectivity index (χ3v) is 1.76. The van der Waals surface area contributed by atoms with Crippen LogP contribution in [0, 0.1) is 0 Å². The number of hydrogen-bond acceptors (Lipinski definition) is 5. The Bertz CT molecular complexity index is 128. The van der Waals surface area contributed by atoms with Gasteiger partial charge in [-0.25, -0.2) is 0 Å². The van der Waals surface area contributed by atoms with E-state index in [1.165, 1.54) is 0 Å². The minimum atomic E-state index is -1.12. The van der Waals surface area contributed by atoms with Crippen molar-refractivity contribution in [1.82, 2.24) is 0 Å². The summed E-state index contributed by atoms with van der Waals surface area (Å²) in [5, 5.41) is 35.5. The highest BCUT2D eigenvalue weighted by atomic mass is 16.5. The number of aliphatic hydroxyl groups excluding tert-OH is 4. The van der Waals surface area contributed by atoms with Crippen LogP contribution in [0.1, 0.15) is 0 Å². The quantitative estimate of drug-likeness (QED) is 0.361. The summed E-state index contributed by atoms with van der Waals surface area (Å²) in [4.78, 5) is 0. The highest BCUT2D eigenvalue weighted by molar-refractivity contribution is 4.87. The fraction of sp³-hybridized carbons (Fsp3) is 1.00. The number of aliphatic hydroxyl groups is 4. The second-order valence-electron chi connectivity index (χ2n) is 2.61. The molecule has 1 heterocycles. The van der Waals surface area contributed by atoms with Gasteiger partial charge in [0.15, 0.2) is 0 Å². The van der Waals surface area contributed by atoms with E-state index >= 15 is 0 Å². The van der Waals surface area contributed by atoms with Gasteiger partial charge in [-0.05, 0) is 0 Å². The lowest BCUT2D eigenvalue weighted by atomic mass is 10.1. The van der Waals surface area contributed by atoms with Gasteiger partial charge in [0.25, 0.3) is 0 Å². The SMILES string of the molecule is OCC(O)[C@@H]1OC[C@H](O)[C@@H]1O. The topological polar surface area (TPSA) is 90.2 Å². The number of rotatable bonds is 2. The van der Waals surface area contributed by atoms with Crippen molar-refractivity contribution >= 4 is 0 Å². The first-order valence-electron chi connectivity index (χ1n) is 3.43. The van der Waals surface area contributed by atoms with Crippen LogP contribution in [0.2, 0.25) is 0 Å². The zero-order valence-corrected chi connectivity index (χ0v) is 5.92. The Morgan fingerprint density at radius 1 is 1.45 bits per heavy atom. The molecule has 5 heteroatoms. The molecular formula is C6H12O5. The standard InChI is InChI=1S/C6H12O5/c7-1-3(8)6-5(10)4(9)2-11-6/h3-10H,1-2H2/t3?,4-,5-,6-/m0/s1. The van der Waals surface area contributed by atoms with Crippen LogP contribution < -0.4 is 0 Å². The molecule has 1 aliphatic rings. The smallest absolute Gasteiger partial charge is 0.114 e. The second-order valence-corrected chi connectivity index (χ2v) is 2.61. The minimum Gasteiger partial charge on any atom is -0.394 e. The largest absolute Gasteiger partial charge is 0.394 e. The van der Waals surface area contributed by atoms with Gasteiger partial charge in [-0.2, -0.15) is 0 Å². The summed E-state index contributed by atoms with van der Waals surface area (Å²) in [7, 11) is 0. The molecule has 0 aromatic heterocycles. The van der Waals surface area contributed by atoms with E-state index in [-0.39, 0.29) is 6.61 Å². The summed E-state index contributed by atoms with van der Waals surface area (Å²) < 4.78 is 4.82. The van der Waals surface area contributed by atoms with Crippen molar-refractivity contribution in [1.29, 1.82) is 0 Å². The second kappa shape index (κ2) is 3.46. The van der Waals surface area contributed by atoms with Crippen LogP contribution in [0.4, 0.5) is 0 Å². The monoisotopic (exact) mass is 164 g/mol.